The van der Waals surface area contributed by atoms with Crippen molar-refractivity contribution in [3.05, 3.63) is 29.6 Å². The number of carboxylic acids is 1. The summed E-state index contributed by atoms with van der Waals surface area (Å²) in [6, 6.07) is 5.28. The number of hydrogen-bond acceptors (Lipinski definition) is 4. The number of aliphatic carboxylic acids is 1. The van der Waals surface area contributed by atoms with Gasteiger partial charge in [0.25, 0.3) is 0 Å². The van der Waals surface area contributed by atoms with Crippen LogP contribution in [0.15, 0.2) is 18.2 Å². The number of carboxylic acid groups (broad SMARTS) is 1. The lowest BCUT2D eigenvalue weighted by Crippen LogP contribution is -2.38. The Balaban J connectivity index is 2.89. The second kappa shape index (κ2) is 5.45. The minimum Gasteiger partial charge on any atom is -0.480 e. The van der Waals surface area contributed by atoms with Gasteiger partial charge in [-0.15, -0.1) is 0 Å². The summed E-state index contributed by atoms with van der Waals surface area (Å²) in [5, 5.41) is 7.29. The molecule has 0 saturated carbocycles. The van der Waals surface area contributed by atoms with Crippen LogP contribution in [0.3, 0.4) is 0 Å². The van der Waals surface area contributed by atoms with Crippen LogP contribution in [0.4, 0.5) is 0 Å². The van der Waals surface area contributed by atoms with Crippen molar-refractivity contribution < 1.29 is 18.3 Å². The summed E-state index contributed by atoms with van der Waals surface area (Å²) in [7, 11) is -2.51. The number of nitrogens with zero attached hydrogens (tertiary/aromatic N) is 2. The second-order valence-electron chi connectivity index (χ2n) is 4.05. The zero-order valence-corrected chi connectivity index (χ0v) is 11.3. The molecule has 18 heavy (non-hydrogen) atoms. The average Bonchev–Trinajstić information content (AvgIpc) is 2.27. The van der Waals surface area contributed by atoms with E-state index in [4.69, 9.17) is 5.11 Å². The van der Waals surface area contributed by atoms with Crippen LogP contribution in [0.1, 0.15) is 18.3 Å². The van der Waals surface area contributed by atoms with Crippen molar-refractivity contribution in [3.8, 4) is 0 Å². The van der Waals surface area contributed by atoms with Crippen LogP contribution in [-0.2, 0) is 21.4 Å². The number of aromatic nitrogens is 1. The number of rotatable bonds is 5. The topological polar surface area (TPSA) is 87.6 Å². The van der Waals surface area contributed by atoms with Crippen LogP contribution in [0.25, 0.3) is 0 Å². The highest BCUT2D eigenvalue weighted by Gasteiger charge is 2.31. The predicted molar refractivity (Wildman–Crippen MR) is 66.5 cm³/mol. The van der Waals surface area contributed by atoms with Gasteiger partial charge in [-0.1, -0.05) is 6.07 Å². The van der Waals surface area contributed by atoms with Crippen LogP contribution < -0.4 is 0 Å². The standard InChI is InChI=1S/C11H16N2O4S/c1-8-5-4-6-10(12-8)7-13(3)18(16,17)9(2)11(14)15/h4-6,9H,7H2,1-3H3,(H,14,15). The third-order valence-corrected chi connectivity index (χ3v) is 4.65. The van der Waals surface area contributed by atoms with Crippen molar-refractivity contribution in [1.29, 1.82) is 0 Å². The molecule has 0 spiro atoms. The molecular formula is C11H16N2O4S. The summed E-state index contributed by atoms with van der Waals surface area (Å²) in [5.41, 5.74) is 1.36. The van der Waals surface area contributed by atoms with Crippen LogP contribution in [0.2, 0.25) is 0 Å². The summed E-state index contributed by atoms with van der Waals surface area (Å²) in [5.74, 6) is -1.36. The van der Waals surface area contributed by atoms with Crippen molar-refractivity contribution in [1.82, 2.24) is 9.29 Å². The molecule has 6 nitrogen and oxygen atoms in total. The third-order valence-electron chi connectivity index (χ3n) is 2.56. The monoisotopic (exact) mass is 272 g/mol. The lowest BCUT2D eigenvalue weighted by Gasteiger charge is -2.19. The molecule has 1 atom stereocenters. The Morgan fingerprint density at radius 3 is 2.61 bits per heavy atom. The van der Waals surface area contributed by atoms with Gasteiger partial charge in [-0.3, -0.25) is 9.78 Å². The van der Waals surface area contributed by atoms with E-state index in [1.165, 1.54) is 7.05 Å². The summed E-state index contributed by atoms with van der Waals surface area (Å²) in [6.07, 6.45) is 0. The number of carbonyl (C=O) groups is 1. The molecule has 0 bridgehead atoms. The average molecular weight is 272 g/mol. The molecule has 1 rings (SSSR count). The third kappa shape index (κ3) is 3.27. The van der Waals surface area contributed by atoms with E-state index in [1.54, 1.807) is 25.1 Å². The van der Waals surface area contributed by atoms with E-state index in [-0.39, 0.29) is 6.54 Å². The number of sulfonamides is 1. The predicted octanol–water partition coefficient (Wildman–Crippen LogP) is 0.625. The maximum atomic E-state index is 11.9. The van der Waals surface area contributed by atoms with Gasteiger partial charge in [-0.05, 0) is 26.0 Å². The molecule has 0 saturated heterocycles. The van der Waals surface area contributed by atoms with Gasteiger partial charge < -0.3 is 5.11 Å². The molecule has 7 heteroatoms. The van der Waals surface area contributed by atoms with Crippen molar-refractivity contribution in [2.24, 2.45) is 0 Å². The molecule has 0 amide bonds. The lowest BCUT2D eigenvalue weighted by atomic mass is 10.3. The fourth-order valence-electron chi connectivity index (χ4n) is 1.40. The van der Waals surface area contributed by atoms with Crippen LogP contribution in [0, 0.1) is 6.92 Å². The molecular weight excluding hydrogens is 256 g/mol. The first-order valence-corrected chi connectivity index (χ1v) is 6.86. The van der Waals surface area contributed by atoms with Crippen molar-refractivity contribution in [2.75, 3.05) is 7.05 Å². The minimum atomic E-state index is -3.86. The molecule has 0 aliphatic heterocycles. The first-order chi connectivity index (χ1) is 8.25. The Hall–Kier alpha value is -1.47. The molecule has 0 aliphatic rings. The van der Waals surface area contributed by atoms with Gasteiger partial charge in [-0.25, -0.2) is 8.42 Å². The number of aryl methyl sites for hydroxylation is 1. The van der Waals surface area contributed by atoms with E-state index < -0.39 is 21.2 Å². The summed E-state index contributed by atoms with van der Waals surface area (Å²) < 4.78 is 24.8. The highest BCUT2D eigenvalue weighted by Crippen LogP contribution is 2.11. The molecule has 1 aromatic rings. The molecule has 1 heterocycles. The Morgan fingerprint density at radius 1 is 1.50 bits per heavy atom. The van der Waals surface area contributed by atoms with Gasteiger partial charge in [0.2, 0.25) is 10.0 Å². The SMILES string of the molecule is Cc1cccc(CN(C)S(=O)(=O)C(C)C(=O)O)n1. The fraction of sp³-hybridized carbons (Fsp3) is 0.455. The Kier molecular flexibility index (Phi) is 4.42. The van der Waals surface area contributed by atoms with Crippen LogP contribution in [0.5, 0.6) is 0 Å². The van der Waals surface area contributed by atoms with Crippen LogP contribution in [-0.4, -0.2) is 41.1 Å². The molecule has 0 fully saturated rings. The Morgan fingerprint density at radius 2 is 2.11 bits per heavy atom. The molecule has 1 N–H and O–H groups in total. The number of pyridine rings is 1. The summed E-state index contributed by atoms with van der Waals surface area (Å²) >= 11 is 0. The largest absolute Gasteiger partial charge is 0.480 e. The second-order valence-corrected chi connectivity index (χ2v) is 6.41. The minimum absolute atomic E-state index is 0.0572. The number of hydrogen-bond donors (Lipinski definition) is 1. The lowest BCUT2D eigenvalue weighted by molar-refractivity contribution is -0.136. The molecule has 0 radical (unpaired) electrons. The molecule has 1 unspecified atom stereocenters. The zero-order chi connectivity index (χ0) is 13.9. The van der Waals surface area contributed by atoms with E-state index in [1.807, 2.05) is 0 Å². The Bertz CT molecular complexity index is 542. The van der Waals surface area contributed by atoms with Gasteiger partial charge in [0, 0.05) is 12.7 Å². The zero-order valence-electron chi connectivity index (χ0n) is 10.5. The van der Waals surface area contributed by atoms with Crippen molar-refractivity contribution in [2.45, 2.75) is 25.6 Å². The summed E-state index contributed by atoms with van der Waals surface area (Å²) in [4.78, 5) is 14.9. The normalized spacial score (nSPS) is 13.6. The highest BCUT2D eigenvalue weighted by molar-refractivity contribution is 7.90. The van der Waals surface area contributed by atoms with Gasteiger partial charge in [-0.2, -0.15) is 4.31 Å². The van der Waals surface area contributed by atoms with E-state index in [0.29, 0.717) is 5.69 Å². The maximum Gasteiger partial charge on any atom is 0.323 e. The maximum absolute atomic E-state index is 11.9. The van der Waals surface area contributed by atoms with Gasteiger partial charge >= 0.3 is 5.97 Å². The molecule has 0 aliphatic carbocycles. The fourth-order valence-corrected chi connectivity index (χ4v) is 2.51. The first-order valence-electron chi connectivity index (χ1n) is 5.35. The van der Waals surface area contributed by atoms with E-state index in [2.05, 4.69) is 4.98 Å². The van der Waals surface area contributed by atoms with Crippen molar-refractivity contribution in [3.63, 3.8) is 0 Å². The first kappa shape index (κ1) is 14.6. The van der Waals surface area contributed by atoms with Gasteiger partial charge in [0.1, 0.15) is 0 Å². The molecule has 0 aromatic carbocycles. The summed E-state index contributed by atoms with van der Waals surface area (Å²) in [6.45, 7) is 3.01. The van der Waals surface area contributed by atoms with Crippen LogP contribution >= 0.6 is 0 Å². The van der Waals surface area contributed by atoms with Gasteiger partial charge in [0.05, 0.1) is 12.2 Å². The quantitative estimate of drug-likeness (QED) is 0.849. The molecule has 1 aromatic heterocycles. The van der Waals surface area contributed by atoms with Gasteiger partial charge in [0.15, 0.2) is 5.25 Å². The highest BCUT2D eigenvalue weighted by atomic mass is 32.2. The smallest absolute Gasteiger partial charge is 0.323 e. The van der Waals surface area contributed by atoms with E-state index >= 15 is 0 Å². The Labute approximate surface area is 106 Å². The van der Waals surface area contributed by atoms with E-state index in [0.717, 1.165) is 16.9 Å². The van der Waals surface area contributed by atoms with E-state index in [9.17, 15) is 13.2 Å². The van der Waals surface area contributed by atoms with Crippen molar-refractivity contribution >= 4 is 16.0 Å². The molecule has 100 valence electrons.